The van der Waals surface area contributed by atoms with Crippen LogP contribution in [0.25, 0.3) is 22.6 Å². The maximum atomic E-state index is 13.1. The highest BCUT2D eigenvalue weighted by atomic mass is 16.5. The number of rotatable bonds is 4. The van der Waals surface area contributed by atoms with Gasteiger partial charge in [-0.1, -0.05) is 25.1 Å². The first kappa shape index (κ1) is 19.9. The number of hydrogen-bond acceptors (Lipinski definition) is 5. The second kappa shape index (κ2) is 8.14. The second-order valence-electron chi connectivity index (χ2n) is 7.89. The number of ether oxygens (including phenoxy) is 1. The zero-order valence-electron chi connectivity index (χ0n) is 17.3. The van der Waals surface area contributed by atoms with Crippen molar-refractivity contribution in [1.82, 2.24) is 9.88 Å². The minimum Gasteiger partial charge on any atom is -0.465 e. The van der Waals surface area contributed by atoms with E-state index in [-0.39, 0.29) is 12.5 Å². The van der Waals surface area contributed by atoms with Gasteiger partial charge in [-0.3, -0.25) is 4.79 Å². The van der Waals surface area contributed by atoms with Crippen molar-refractivity contribution in [2.75, 3.05) is 20.7 Å². The number of furan rings is 1. The summed E-state index contributed by atoms with van der Waals surface area (Å²) in [5.41, 5.74) is 3.92. The normalized spacial score (nSPS) is 17.0. The van der Waals surface area contributed by atoms with Crippen molar-refractivity contribution in [3.63, 3.8) is 0 Å². The summed E-state index contributed by atoms with van der Waals surface area (Å²) in [6, 6.07) is 11.3. The van der Waals surface area contributed by atoms with Gasteiger partial charge in [0.1, 0.15) is 5.76 Å². The molecule has 0 saturated carbocycles. The lowest BCUT2D eigenvalue weighted by atomic mass is 9.81. The average molecular weight is 404 g/mol. The molecule has 6 heteroatoms. The van der Waals surface area contributed by atoms with Gasteiger partial charge in [0.05, 0.1) is 23.0 Å². The van der Waals surface area contributed by atoms with Crippen LogP contribution in [0.5, 0.6) is 0 Å². The fraction of sp³-hybridized carbons (Fsp3) is 0.292. The number of allylic oxidation sites excluding steroid dienone is 1. The molecule has 0 aliphatic heterocycles. The molecule has 3 aromatic rings. The van der Waals surface area contributed by atoms with E-state index in [9.17, 15) is 9.59 Å². The summed E-state index contributed by atoms with van der Waals surface area (Å²) in [5, 5.41) is 0.741. The molecule has 1 amide bonds. The number of amides is 1. The molecule has 1 atom stereocenters. The van der Waals surface area contributed by atoms with Crippen LogP contribution in [0, 0.1) is 5.92 Å². The highest BCUT2D eigenvalue weighted by Crippen LogP contribution is 2.38. The summed E-state index contributed by atoms with van der Waals surface area (Å²) in [7, 11) is 3.26. The van der Waals surface area contributed by atoms with Crippen molar-refractivity contribution in [1.29, 1.82) is 0 Å². The highest BCUT2D eigenvalue weighted by Gasteiger charge is 2.29. The lowest BCUT2D eigenvalue weighted by Crippen LogP contribution is -2.28. The van der Waals surface area contributed by atoms with E-state index in [0.717, 1.165) is 39.9 Å². The molecule has 0 fully saturated rings. The van der Waals surface area contributed by atoms with Gasteiger partial charge in [-0.05, 0) is 54.2 Å². The molecule has 0 saturated heterocycles. The number of pyridine rings is 1. The Morgan fingerprint density at radius 3 is 2.73 bits per heavy atom. The molecule has 0 spiro atoms. The molecule has 0 bridgehead atoms. The molecule has 4 rings (SSSR count). The molecule has 30 heavy (non-hydrogen) atoms. The van der Waals surface area contributed by atoms with Gasteiger partial charge in [0.2, 0.25) is 0 Å². The summed E-state index contributed by atoms with van der Waals surface area (Å²) in [6.45, 7) is 1.86. The van der Waals surface area contributed by atoms with Gasteiger partial charge in [-0.2, -0.15) is 0 Å². The van der Waals surface area contributed by atoms with Crippen LogP contribution in [0.4, 0.5) is 0 Å². The number of fused-ring (bicyclic) bond motifs is 2. The molecule has 0 radical (unpaired) electrons. The van der Waals surface area contributed by atoms with Crippen LogP contribution in [0.1, 0.15) is 40.7 Å². The number of esters is 1. The van der Waals surface area contributed by atoms with Crippen molar-refractivity contribution >= 4 is 34.4 Å². The number of benzene rings is 1. The van der Waals surface area contributed by atoms with Crippen molar-refractivity contribution in [3.8, 4) is 0 Å². The van der Waals surface area contributed by atoms with E-state index in [0.29, 0.717) is 17.9 Å². The molecule has 6 nitrogen and oxygen atoms in total. The summed E-state index contributed by atoms with van der Waals surface area (Å²) < 4.78 is 10.9. The largest absolute Gasteiger partial charge is 0.465 e. The zero-order chi connectivity index (χ0) is 21.3. The number of likely N-dealkylation sites (N-methyl/N-ethyl adjacent to an activating group) is 1. The number of para-hydroxylation sites is 1. The van der Waals surface area contributed by atoms with E-state index in [4.69, 9.17) is 14.1 Å². The summed E-state index contributed by atoms with van der Waals surface area (Å²) in [6.07, 6.45) is 5.18. The fourth-order valence-corrected chi connectivity index (χ4v) is 3.84. The van der Waals surface area contributed by atoms with E-state index < -0.39 is 5.97 Å². The van der Waals surface area contributed by atoms with Crippen molar-refractivity contribution in [3.05, 3.63) is 65.2 Å². The molecule has 1 unspecified atom stereocenters. The third kappa shape index (κ3) is 3.85. The van der Waals surface area contributed by atoms with E-state index in [1.165, 1.54) is 4.90 Å². The van der Waals surface area contributed by atoms with E-state index >= 15 is 0 Å². The summed E-state index contributed by atoms with van der Waals surface area (Å²) in [5.74, 6) is 0.325. The second-order valence-corrected chi connectivity index (χ2v) is 7.89. The molecule has 2 aromatic heterocycles. The van der Waals surface area contributed by atoms with Crippen LogP contribution in [0.2, 0.25) is 0 Å². The van der Waals surface area contributed by atoms with Gasteiger partial charge in [0, 0.05) is 19.5 Å². The Hall–Kier alpha value is -3.41. The summed E-state index contributed by atoms with van der Waals surface area (Å²) >= 11 is 0. The molecule has 0 N–H and O–H groups in total. The van der Waals surface area contributed by atoms with Crippen molar-refractivity contribution in [2.45, 2.75) is 19.8 Å². The molecular formula is C24H24N2O4. The van der Waals surface area contributed by atoms with E-state index in [2.05, 4.69) is 6.92 Å². The summed E-state index contributed by atoms with van der Waals surface area (Å²) in [4.78, 5) is 31.3. The lowest BCUT2D eigenvalue weighted by Gasteiger charge is -2.26. The van der Waals surface area contributed by atoms with Crippen molar-refractivity contribution < 1.29 is 18.7 Å². The molecule has 1 aromatic carbocycles. The van der Waals surface area contributed by atoms with E-state index in [1.807, 2.05) is 42.5 Å². The highest BCUT2D eigenvalue weighted by molar-refractivity contribution is 6.07. The predicted molar refractivity (Wildman–Crippen MR) is 115 cm³/mol. The lowest BCUT2D eigenvalue weighted by molar-refractivity contribution is -0.131. The third-order valence-electron chi connectivity index (χ3n) is 5.31. The van der Waals surface area contributed by atoms with Gasteiger partial charge < -0.3 is 14.1 Å². The SMILES string of the molecule is CC1C/C(=C\c2ccco2)c2nc3ccccc3c(C(=O)OCC(=O)N(C)C)c2C1. The number of carbonyl (C=O) groups excluding carboxylic acids is 2. The first-order chi connectivity index (χ1) is 14.4. The van der Waals surface area contributed by atoms with Crippen LogP contribution < -0.4 is 0 Å². The van der Waals surface area contributed by atoms with Crippen LogP contribution in [-0.2, 0) is 16.0 Å². The smallest absolute Gasteiger partial charge is 0.339 e. The Morgan fingerprint density at radius 1 is 1.20 bits per heavy atom. The number of carbonyl (C=O) groups is 2. The van der Waals surface area contributed by atoms with Crippen molar-refractivity contribution in [2.24, 2.45) is 5.92 Å². The van der Waals surface area contributed by atoms with Crippen LogP contribution in [0.15, 0.2) is 47.1 Å². The van der Waals surface area contributed by atoms with Gasteiger partial charge in [0.25, 0.3) is 5.91 Å². The molecule has 1 aliphatic rings. The zero-order valence-corrected chi connectivity index (χ0v) is 17.3. The average Bonchev–Trinajstić information content (AvgIpc) is 3.23. The van der Waals surface area contributed by atoms with Crippen LogP contribution >= 0.6 is 0 Å². The van der Waals surface area contributed by atoms with Crippen LogP contribution in [0.3, 0.4) is 0 Å². The molecular weight excluding hydrogens is 380 g/mol. The first-order valence-electron chi connectivity index (χ1n) is 9.97. The Labute approximate surface area is 175 Å². The van der Waals surface area contributed by atoms with Gasteiger partial charge in [0.15, 0.2) is 6.61 Å². The van der Waals surface area contributed by atoms with Gasteiger partial charge >= 0.3 is 5.97 Å². The first-order valence-corrected chi connectivity index (χ1v) is 9.97. The molecule has 2 heterocycles. The number of hydrogen-bond donors (Lipinski definition) is 0. The standard InChI is InChI=1S/C24H24N2O4/c1-15-11-16(13-17-7-6-10-29-17)23-19(12-15)22(18-8-4-5-9-20(18)25-23)24(28)30-14-21(27)26(2)3/h4-10,13,15H,11-12,14H2,1-3H3/b16-13+. The Bertz CT molecular complexity index is 1130. The van der Waals surface area contributed by atoms with Gasteiger partial charge in [-0.15, -0.1) is 0 Å². The minimum atomic E-state index is -0.494. The maximum Gasteiger partial charge on any atom is 0.339 e. The predicted octanol–water partition coefficient (Wildman–Crippen LogP) is 4.20. The quantitative estimate of drug-likeness (QED) is 0.610. The monoisotopic (exact) mass is 404 g/mol. The molecule has 154 valence electrons. The number of nitrogens with zero attached hydrogens (tertiary/aromatic N) is 2. The maximum absolute atomic E-state index is 13.1. The fourth-order valence-electron chi connectivity index (χ4n) is 3.84. The van der Waals surface area contributed by atoms with Gasteiger partial charge in [-0.25, -0.2) is 9.78 Å². The Kier molecular flexibility index (Phi) is 5.40. The Balaban J connectivity index is 1.84. The number of aromatic nitrogens is 1. The molecule has 1 aliphatic carbocycles. The Morgan fingerprint density at radius 2 is 2.00 bits per heavy atom. The third-order valence-corrected chi connectivity index (χ3v) is 5.31. The minimum absolute atomic E-state index is 0.262. The van der Waals surface area contributed by atoms with E-state index in [1.54, 1.807) is 20.4 Å². The topological polar surface area (TPSA) is 72.6 Å². The van der Waals surface area contributed by atoms with Crippen LogP contribution in [-0.4, -0.2) is 42.5 Å².